The van der Waals surface area contributed by atoms with Gasteiger partial charge in [0, 0.05) is 16.8 Å². The fourth-order valence-electron chi connectivity index (χ4n) is 2.31. The zero-order valence-corrected chi connectivity index (χ0v) is 19.3. The second-order valence-electron chi connectivity index (χ2n) is 8.25. The van der Waals surface area contributed by atoms with Gasteiger partial charge in [-0.2, -0.15) is 8.78 Å². The van der Waals surface area contributed by atoms with Crippen LogP contribution in [0.25, 0.3) is 0 Å². The molecule has 0 aliphatic rings. The molecule has 0 aliphatic carbocycles. The Labute approximate surface area is 168 Å². The maximum absolute atomic E-state index is 12.8. The molecule has 0 fully saturated rings. The lowest BCUT2D eigenvalue weighted by molar-refractivity contribution is 0.277. The van der Waals surface area contributed by atoms with Crippen molar-refractivity contribution in [2.75, 3.05) is 13.7 Å². The molecular weight excluding hydrogens is 382 g/mol. The van der Waals surface area contributed by atoms with Gasteiger partial charge in [-0.3, -0.25) is 0 Å². The molecule has 0 spiro atoms. The van der Waals surface area contributed by atoms with E-state index in [1.54, 1.807) is 7.11 Å². The van der Waals surface area contributed by atoms with Crippen molar-refractivity contribution in [3.63, 3.8) is 0 Å². The summed E-state index contributed by atoms with van der Waals surface area (Å²) in [6, 6.07) is 7.53. The van der Waals surface area contributed by atoms with Crippen molar-refractivity contribution in [1.82, 2.24) is 0 Å². The Hall–Kier alpha value is -0.853. The van der Waals surface area contributed by atoms with Crippen molar-refractivity contribution in [2.45, 2.75) is 74.7 Å². The number of thioether (sulfide) groups is 1. The van der Waals surface area contributed by atoms with Crippen molar-refractivity contribution in [3.05, 3.63) is 36.4 Å². The van der Waals surface area contributed by atoms with E-state index in [1.165, 1.54) is 11.8 Å². The molecule has 27 heavy (non-hydrogen) atoms. The third-order valence-electron chi connectivity index (χ3n) is 5.06. The van der Waals surface area contributed by atoms with E-state index in [4.69, 9.17) is 9.16 Å². The lowest BCUT2D eigenvalue weighted by Crippen LogP contribution is -2.40. The summed E-state index contributed by atoms with van der Waals surface area (Å²) in [7, 11) is -0.0785. The molecule has 0 unspecified atom stereocenters. The van der Waals surface area contributed by atoms with Crippen LogP contribution in [0.15, 0.2) is 41.3 Å². The molecule has 1 atom stereocenters. The fourth-order valence-corrected chi connectivity index (χ4v) is 4.50. The predicted molar refractivity (Wildman–Crippen MR) is 115 cm³/mol. The van der Waals surface area contributed by atoms with Gasteiger partial charge in [0.25, 0.3) is 6.08 Å². The molecule has 0 saturated carbocycles. The van der Waals surface area contributed by atoms with Gasteiger partial charge in [0.15, 0.2) is 8.32 Å². The van der Waals surface area contributed by atoms with Crippen LogP contribution >= 0.6 is 11.8 Å². The van der Waals surface area contributed by atoms with Crippen LogP contribution in [-0.4, -0.2) is 27.3 Å². The molecule has 2 nitrogen and oxygen atoms in total. The number of methoxy groups -OCH3 is 1. The Morgan fingerprint density at radius 1 is 1.11 bits per heavy atom. The van der Waals surface area contributed by atoms with Gasteiger partial charge >= 0.3 is 0 Å². The molecule has 0 bridgehead atoms. The molecule has 0 heterocycles. The summed E-state index contributed by atoms with van der Waals surface area (Å²) in [5.41, 5.74) is 0. The first-order valence-electron chi connectivity index (χ1n) is 9.52. The second kappa shape index (κ2) is 11.2. The van der Waals surface area contributed by atoms with Crippen LogP contribution in [0.1, 0.15) is 46.5 Å². The normalized spacial score (nSPS) is 13.3. The molecule has 0 amide bonds. The predicted octanol–water partition coefficient (Wildman–Crippen LogP) is 7.52. The highest BCUT2D eigenvalue weighted by molar-refractivity contribution is 8.00. The molecule has 0 aliphatic heterocycles. The number of hydrogen-bond donors (Lipinski definition) is 0. The minimum Gasteiger partial charge on any atom is -0.497 e. The highest BCUT2D eigenvalue weighted by atomic mass is 32.2. The second-order valence-corrected chi connectivity index (χ2v) is 14.4. The van der Waals surface area contributed by atoms with Crippen LogP contribution in [0.3, 0.4) is 0 Å². The number of ether oxygens (including phenoxy) is 1. The average Bonchev–Trinajstić information content (AvgIpc) is 2.57. The average molecular weight is 417 g/mol. The molecule has 0 radical (unpaired) electrons. The quantitative estimate of drug-likeness (QED) is 0.211. The van der Waals surface area contributed by atoms with Crippen molar-refractivity contribution >= 4 is 20.1 Å². The topological polar surface area (TPSA) is 18.5 Å². The maximum Gasteiger partial charge on any atom is 0.267 e. The Kier molecular flexibility index (Phi) is 10.1. The Balaban J connectivity index is 2.41. The lowest BCUT2D eigenvalue weighted by atomic mass is 10.1. The van der Waals surface area contributed by atoms with Crippen LogP contribution in [-0.2, 0) is 4.43 Å². The standard InChI is InChI=1S/C21H34F2O2SSi/c1-21(2,3)27(5,6)25-15-9-7-8-10-19(16-20(22)23)26-18-13-11-17(24-4)12-14-18/h11-14,16,19H,7-10,15H2,1-6H3/t19-/m1/s1. The fraction of sp³-hybridized carbons (Fsp3) is 0.619. The number of benzene rings is 1. The molecule has 1 rings (SSSR count). The SMILES string of the molecule is COc1ccc(S[C@@H](C=C(F)F)CCCCCO[Si](C)(C)C(C)(C)C)cc1. The van der Waals surface area contributed by atoms with Crippen molar-refractivity contribution in [2.24, 2.45) is 0 Å². The van der Waals surface area contributed by atoms with Crippen molar-refractivity contribution in [1.29, 1.82) is 0 Å². The van der Waals surface area contributed by atoms with E-state index in [0.717, 1.165) is 49.0 Å². The van der Waals surface area contributed by atoms with Crippen LogP contribution < -0.4 is 4.74 Å². The molecule has 0 saturated heterocycles. The summed E-state index contributed by atoms with van der Waals surface area (Å²) in [5, 5.41) is 0.000931. The first-order chi connectivity index (χ1) is 12.5. The van der Waals surface area contributed by atoms with Gasteiger partial charge in [-0.1, -0.05) is 33.6 Å². The molecule has 1 aromatic carbocycles. The first-order valence-corrected chi connectivity index (χ1v) is 13.3. The van der Waals surface area contributed by atoms with Gasteiger partial charge in [-0.05, 0) is 61.3 Å². The van der Waals surface area contributed by atoms with E-state index in [1.807, 2.05) is 24.3 Å². The third kappa shape index (κ3) is 9.26. The molecule has 1 aromatic rings. The molecule has 0 N–H and O–H groups in total. The number of rotatable bonds is 11. The summed E-state index contributed by atoms with van der Waals surface area (Å²) in [6.07, 6.45) is 3.08. The highest BCUT2D eigenvalue weighted by Crippen LogP contribution is 2.36. The monoisotopic (exact) mass is 416 g/mol. The molecule has 6 heteroatoms. The molecule has 154 valence electrons. The van der Waals surface area contributed by atoms with Crippen molar-refractivity contribution < 1.29 is 17.9 Å². The molecular formula is C21H34F2O2SSi. The van der Waals surface area contributed by atoms with Gasteiger partial charge in [-0.15, -0.1) is 11.8 Å². The zero-order chi connectivity index (χ0) is 20.5. The number of halogens is 2. The lowest BCUT2D eigenvalue weighted by Gasteiger charge is -2.36. The smallest absolute Gasteiger partial charge is 0.267 e. The molecule has 0 aromatic heterocycles. The van der Waals surface area contributed by atoms with E-state index in [9.17, 15) is 8.78 Å². The van der Waals surface area contributed by atoms with Gasteiger partial charge in [0.05, 0.1) is 7.11 Å². The van der Waals surface area contributed by atoms with Crippen LogP contribution in [0.2, 0.25) is 18.1 Å². The van der Waals surface area contributed by atoms with Gasteiger partial charge < -0.3 is 9.16 Å². The van der Waals surface area contributed by atoms with Gasteiger partial charge in [0.1, 0.15) is 5.75 Å². The zero-order valence-electron chi connectivity index (χ0n) is 17.5. The summed E-state index contributed by atoms with van der Waals surface area (Å²) in [4.78, 5) is 0.972. The maximum atomic E-state index is 12.8. The van der Waals surface area contributed by atoms with Crippen molar-refractivity contribution in [3.8, 4) is 5.75 Å². The van der Waals surface area contributed by atoms with Gasteiger partial charge in [-0.25, -0.2) is 0 Å². The van der Waals surface area contributed by atoms with Crippen LogP contribution in [0.4, 0.5) is 8.78 Å². The first kappa shape index (κ1) is 24.2. The highest BCUT2D eigenvalue weighted by Gasteiger charge is 2.36. The summed E-state index contributed by atoms with van der Waals surface area (Å²) in [6.45, 7) is 12.0. The Bertz CT molecular complexity index is 579. The summed E-state index contributed by atoms with van der Waals surface area (Å²) in [5.74, 6) is 0.768. The minimum absolute atomic E-state index is 0.218. The summed E-state index contributed by atoms with van der Waals surface area (Å²) < 4.78 is 36.9. The van der Waals surface area contributed by atoms with E-state index < -0.39 is 14.4 Å². The summed E-state index contributed by atoms with van der Waals surface area (Å²) >= 11 is 1.47. The largest absolute Gasteiger partial charge is 0.497 e. The van der Waals surface area contributed by atoms with Crippen LogP contribution in [0.5, 0.6) is 5.75 Å². The Morgan fingerprint density at radius 2 is 1.74 bits per heavy atom. The number of hydrogen-bond acceptors (Lipinski definition) is 3. The van der Waals surface area contributed by atoms with Crippen LogP contribution in [0, 0.1) is 0 Å². The van der Waals surface area contributed by atoms with Gasteiger partial charge in [0.2, 0.25) is 0 Å². The van der Waals surface area contributed by atoms with E-state index >= 15 is 0 Å². The minimum atomic E-state index is -1.69. The van der Waals surface area contributed by atoms with E-state index in [-0.39, 0.29) is 10.3 Å². The van der Waals surface area contributed by atoms with E-state index in [0.29, 0.717) is 0 Å². The third-order valence-corrected chi connectivity index (χ3v) is 10.8. The number of unbranched alkanes of at least 4 members (excludes halogenated alkanes) is 2. The van der Waals surface area contributed by atoms with E-state index in [2.05, 4.69) is 33.9 Å². The Morgan fingerprint density at radius 3 is 2.26 bits per heavy atom.